The minimum atomic E-state index is 0.277. The summed E-state index contributed by atoms with van der Waals surface area (Å²) in [5, 5.41) is 12.2. The number of hydrogen-bond acceptors (Lipinski definition) is 5. The number of fused-ring (bicyclic) bond motifs is 2. The Morgan fingerprint density at radius 3 is 3.00 bits per heavy atom. The molecule has 5 heteroatoms. The lowest BCUT2D eigenvalue weighted by atomic mass is 9.95. The van der Waals surface area contributed by atoms with Crippen LogP contribution < -0.4 is 11.1 Å². The van der Waals surface area contributed by atoms with Gasteiger partial charge in [0, 0.05) is 0 Å². The van der Waals surface area contributed by atoms with Gasteiger partial charge in [0.15, 0.2) is 5.69 Å². The number of nitrogens with one attached hydrogen (secondary N) is 1. The van der Waals surface area contributed by atoms with Crippen LogP contribution in [0.25, 0.3) is 0 Å². The first-order chi connectivity index (χ1) is 8.26. The molecule has 88 valence electrons. The summed E-state index contributed by atoms with van der Waals surface area (Å²) in [5.41, 5.74) is 6.33. The third kappa shape index (κ3) is 1.81. The van der Waals surface area contributed by atoms with Crippen LogP contribution in [0.3, 0.4) is 0 Å². The lowest BCUT2D eigenvalue weighted by Crippen LogP contribution is -2.30. The van der Waals surface area contributed by atoms with Crippen molar-refractivity contribution in [1.82, 2.24) is 4.98 Å². The number of pyridine rings is 1. The van der Waals surface area contributed by atoms with Crippen molar-refractivity contribution >= 4 is 11.5 Å². The quantitative estimate of drug-likeness (QED) is 0.799. The average Bonchev–Trinajstić information content (AvgIpc) is 2.93. The summed E-state index contributed by atoms with van der Waals surface area (Å²) < 4.78 is 5.76. The Balaban J connectivity index is 1.75. The van der Waals surface area contributed by atoms with Crippen molar-refractivity contribution < 1.29 is 4.74 Å². The van der Waals surface area contributed by atoms with Gasteiger partial charge < -0.3 is 15.8 Å². The second kappa shape index (κ2) is 3.90. The van der Waals surface area contributed by atoms with Gasteiger partial charge in [-0.15, -0.1) is 0 Å². The normalized spacial score (nSPS) is 30.2. The zero-order valence-electron chi connectivity index (χ0n) is 9.39. The van der Waals surface area contributed by atoms with E-state index in [0.717, 1.165) is 12.8 Å². The van der Waals surface area contributed by atoms with E-state index < -0.39 is 0 Å². The van der Waals surface area contributed by atoms with Crippen LogP contribution in [0.2, 0.25) is 0 Å². The van der Waals surface area contributed by atoms with Gasteiger partial charge in [-0.05, 0) is 31.4 Å². The van der Waals surface area contributed by atoms with E-state index in [2.05, 4.69) is 10.3 Å². The highest BCUT2D eigenvalue weighted by Crippen LogP contribution is 2.35. The molecule has 0 aliphatic carbocycles. The van der Waals surface area contributed by atoms with Gasteiger partial charge in [-0.25, -0.2) is 4.98 Å². The highest BCUT2D eigenvalue weighted by Gasteiger charge is 2.40. The summed E-state index contributed by atoms with van der Waals surface area (Å²) in [5.74, 6) is 0.705. The van der Waals surface area contributed by atoms with Crippen LogP contribution in [0.4, 0.5) is 11.5 Å². The fourth-order valence-corrected chi connectivity index (χ4v) is 2.62. The van der Waals surface area contributed by atoms with E-state index in [1.807, 2.05) is 12.1 Å². The highest BCUT2D eigenvalue weighted by molar-refractivity contribution is 5.54. The maximum atomic E-state index is 8.86. The molecular formula is C12H14N4O. The van der Waals surface area contributed by atoms with Crippen molar-refractivity contribution in [2.45, 2.75) is 37.5 Å². The van der Waals surface area contributed by atoms with Gasteiger partial charge in [-0.2, -0.15) is 5.26 Å². The standard InChI is InChI=1S/C12H14N4O/c13-6-10-8(14)2-4-12(16-10)15-9-5-7-1-3-11(9)17-7/h2,4,7,9,11H,1,3,5,14H2,(H,15,16). The van der Waals surface area contributed by atoms with E-state index in [0.29, 0.717) is 29.8 Å². The second-order valence-electron chi connectivity index (χ2n) is 4.61. The Kier molecular flexibility index (Phi) is 2.37. The largest absolute Gasteiger partial charge is 0.396 e. The molecule has 3 rings (SSSR count). The number of anilines is 2. The zero-order chi connectivity index (χ0) is 11.8. The lowest BCUT2D eigenvalue weighted by Gasteiger charge is -2.20. The molecule has 2 bridgehead atoms. The number of nitrogens with zero attached hydrogens (tertiary/aromatic N) is 2. The van der Waals surface area contributed by atoms with Crippen molar-refractivity contribution in [3.05, 3.63) is 17.8 Å². The first kappa shape index (κ1) is 10.4. The van der Waals surface area contributed by atoms with E-state index in [9.17, 15) is 0 Å². The molecule has 2 fully saturated rings. The topological polar surface area (TPSA) is 84.0 Å². The molecule has 2 saturated heterocycles. The summed E-state index contributed by atoms with van der Waals surface area (Å²) in [6.07, 6.45) is 4.01. The van der Waals surface area contributed by atoms with E-state index in [-0.39, 0.29) is 5.69 Å². The molecule has 1 aromatic rings. The molecule has 3 atom stereocenters. The monoisotopic (exact) mass is 230 g/mol. The number of hydrogen-bond donors (Lipinski definition) is 2. The Bertz CT molecular complexity index is 482. The minimum absolute atomic E-state index is 0.277. The molecule has 0 amide bonds. The zero-order valence-corrected chi connectivity index (χ0v) is 9.39. The molecule has 2 aliphatic heterocycles. The van der Waals surface area contributed by atoms with Gasteiger partial charge in [0.1, 0.15) is 11.9 Å². The summed E-state index contributed by atoms with van der Waals surface area (Å²) >= 11 is 0. The minimum Gasteiger partial charge on any atom is -0.396 e. The molecule has 3 N–H and O–H groups in total. The predicted molar refractivity (Wildman–Crippen MR) is 63.3 cm³/mol. The van der Waals surface area contributed by atoms with Crippen molar-refractivity contribution in [3.63, 3.8) is 0 Å². The molecule has 0 aromatic carbocycles. The molecule has 3 unspecified atom stereocenters. The number of rotatable bonds is 2. The van der Waals surface area contributed by atoms with Gasteiger partial charge >= 0.3 is 0 Å². The van der Waals surface area contributed by atoms with Crippen LogP contribution in [-0.4, -0.2) is 23.2 Å². The van der Waals surface area contributed by atoms with Crippen molar-refractivity contribution in [1.29, 1.82) is 5.26 Å². The van der Waals surface area contributed by atoms with Gasteiger partial charge in [-0.1, -0.05) is 0 Å². The van der Waals surface area contributed by atoms with Crippen LogP contribution in [-0.2, 0) is 4.74 Å². The van der Waals surface area contributed by atoms with Crippen LogP contribution in [0.1, 0.15) is 25.0 Å². The number of nitrogen functional groups attached to an aromatic ring is 1. The predicted octanol–water partition coefficient (Wildman–Crippen LogP) is 1.27. The van der Waals surface area contributed by atoms with Crippen molar-refractivity contribution in [2.24, 2.45) is 0 Å². The third-order valence-electron chi connectivity index (χ3n) is 3.47. The first-order valence-electron chi connectivity index (χ1n) is 5.85. The van der Waals surface area contributed by atoms with Crippen molar-refractivity contribution in [2.75, 3.05) is 11.1 Å². The van der Waals surface area contributed by atoms with Crippen LogP contribution >= 0.6 is 0 Å². The highest BCUT2D eigenvalue weighted by atomic mass is 16.5. The average molecular weight is 230 g/mol. The molecule has 0 spiro atoms. The fourth-order valence-electron chi connectivity index (χ4n) is 2.62. The number of ether oxygens (including phenoxy) is 1. The number of aromatic nitrogens is 1. The van der Waals surface area contributed by atoms with Gasteiger partial charge in [0.05, 0.1) is 23.9 Å². The lowest BCUT2D eigenvalue weighted by molar-refractivity contribution is 0.102. The van der Waals surface area contributed by atoms with E-state index in [1.54, 1.807) is 6.07 Å². The Labute approximate surface area is 99.6 Å². The number of nitrogens with two attached hydrogens (primary N) is 1. The maximum absolute atomic E-state index is 8.86. The van der Waals surface area contributed by atoms with Gasteiger partial charge in [-0.3, -0.25) is 0 Å². The Morgan fingerprint density at radius 1 is 1.47 bits per heavy atom. The SMILES string of the molecule is N#Cc1nc(NC2CC3CCC2O3)ccc1N. The van der Waals surface area contributed by atoms with Crippen LogP contribution in [0.15, 0.2) is 12.1 Å². The Morgan fingerprint density at radius 2 is 2.35 bits per heavy atom. The summed E-state index contributed by atoms with van der Waals surface area (Å²) in [6, 6.07) is 5.82. The molecule has 1 aromatic heterocycles. The Hall–Kier alpha value is -1.80. The van der Waals surface area contributed by atoms with Gasteiger partial charge in [0.25, 0.3) is 0 Å². The van der Waals surface area contributed by atoms with Crippen LogP contribution in [0, 0.1) is 11.3 Å². The third-order valence-corrected chi connectivity index (χ3v) is 3.47. The summed E-state index contributed by atoms with van der Waals surface area (Å²) in [6.45, 7) is 0. The second-order valence-corrected chi connectivity index (χ2v) is 4.61. The molecule has 5 nitrogen and oxygen atoms in total. The maximum Gasteiger partial charge on any atom is 0.165 e. The molecule has 3 heterocycles. The number of nitriles is 1. The van der Waals surface area contributed by atoms with Crippen LogP contribution in [0.5, 0.6) is 0 Å². The molecule has 0 radical (unpaired) electrons. The van der Waals surface area contributed by atoms with Gasteiger partial charge in [0.2, 0.25) is 0 Å². The molecule has 0 saturated carbocycles. The van der Waals surface area contributed by atoms with E-state index in [4.69, 9.17) is 15.7 Å². The van der Waals surface area contributed by atoms with E-state index >= 15 is 0 Å². The smallest absolute Gasteiger partial charge is 0.165 e. The fraction of sp³-hybridized carbons (Fsp3) is 0.500. The summed E-state index contributed by atoms with van der Waals surface area (Å²) in [7, 11) is 0. The van der Waals surface area contributed by atoms with Crippen molar-refractivity contribution in [3.8, 4) is 6.07 Å². The molecule has 17 heavy (non-hydrogen) atoms. The van der Waals surface area contributed by atoms with E-state index in [1.165, 1.54) is 6.42 Å². The first-order valence-corrected chi connectivity index (χ1v) is 5.85. The molecule has 2 aliphatic rings. The summed E-state index contributed by atoms with van der Waals surface area (Å²) in [4.78, 5) is 4.19. The molecular weight excluding hydrogens is 216 g/mol.